The second-order valence-electron chi connectivity index (χ2n) is 5.21. The lowest BCUT2D eigenvalue weighted by atomic mass is 10.2. The number of anilines is 1. The summed E-state index contributed by atoms with van der Waals surface area (Å²) in [7, 11) is 2.11. The summed E-state index contributed by atoms with van der Waals surface area (Å²) < 4.78 is 0. The number of nitro benzene ring substituents is 1. The fourth-order valence-electron chi connectivity index (χ4n) is 2.62. The van der Waals surface area contributed by atoms with Gasteiger partial charge >= 0.3 is 0 Å². The van der Waals surface area contributed by atoms with E-state index in [1.165, 1.54) is 0 Å². The highest BCUT2D eigenvalue weighted by atomic mass is 16.6. The monoisotopic (exact) mass is 263 g/mol. The van der Waals surface area contributed by atoms with Gasteiger partial charge in [0.1, 0.15) is 5.69 Å². The van der Waals surface area contributed by atoms with Crippen molar-refractivity contribution in [2.45, 2.75) is 26.3 Å². The van der Waals surface area contributed by atoms with Crippen LogP contribution in [0.4, 0.5) is 11.4 Å². The number of hydrogen-bond donors (Lipinski definition) is 0. The topological polar surface area (TPSA) is 49.6 Å². The van der Waals surface area contributed by atoms with Crippen molar-refractivity contribution in [2.75, 3.05) is 31.6 Å². The van der Waals surface area contributed by atoms with E-state index < -0.39 is 0 Å². The Morgan fingerprint density at radius 3 is 2.89 bits per heavy atom. The third kappa shape index (κ3) is 2.87. The van der Waals surface area contributed by atoms with Crippen LogP contribution in [0.15, 0.2) is 18.2 Å². The Balaban J connectivity index is 2.23. The van der Waals surface area contributed by atoms with Gasteiger partial charge in [0.25, 0.3) is 5.69 Å². The zero-order chi connectivity index (χ0) is 14.0. The lowest BCUT2D eigenvalue weighted by Gasteiger charge is -2.24. The third-order valence-corrected chi connectivity index (χ3v) is 3.95. The van der Waals surface area contributed by atoms with Gasteiger partial charge < -0.3 is 9.80 Å². The maximum atomic E-state index is 11.1. The highest BCUT2D eigenvalue weighted by Gasteiger charge is 2.29. The van der Waals surface area contributed by atoms with Crippen LogP contribution >= 0.6 is 0 Å². The first-order chi connectivity index (χ1) is 9.02. The zero-order valence-electron chi connectivity index (χ0n) is 11.8. The fraction of sp³-hybridized carbons (Fsp3) is 0.571. The van der Waals surface area contributed by atoms with Gasteiger partial charge in [0, 0.05) is 25.2 Å². The van der Waals surface area contributed by atoms with Gasteiger partial charge in [0.2, 0.25) is 0 Å². The second kappa shape index (κ2) is 5.57. The number of likely N-dealkylation sites (N-methyl/N-ethyl adjacent to an activating group) is 1. The standard InChI is InChI=1S/C14H21N3O2/c1-4-15(3)12-7-8-16(10-12)14-9-11(2)5-6-13(14)17(18)19/h5-6,9,12H,4,7-8,10H2,1-3H3. The molecule has 5 heteroatoms. The Labute approximate surface area is 114 Å². The summed E-state index contributed by atoms with van der Waals surface area (Å²) in [4.78, 5) is 15.3. The summed E-state index contributed by atoms with van der Waals surface area (Å²) in [5.74, 6) is 0. The Morgan fingerprint density at radius 1 is 1.53 bits per heavy atom. The molecule has 1 saturated heterocycles. The first-order valence-electron chi connectivity index (χ1n) is 6.73. The molecule has 1 aliphatic heterocycles. The number of benzene rings is 1. The predicted octanol–water partition coefficient (Wildman–Crippen LogP) is 2.43. The first-order valence-corrected chi connectivity index (χ1v) is 6.73. The molecule has 104 valence electrons. The molecule has 0 aromatic heterocycles. The quantitative estimate of drug-likeness (QED) is 0.618. The molecule has 0 aliphatic carbocycles. The Bertz CT molecular complexity index is 476. The van der Waals surface area contributed by atoms with Crippen LogP contribution in [0.25, 0.3) is 0 Å². The molecule has 1 fully saturated rings. The largest absolute Gasteiger partial charge is 0.364 e. The molecule has 0 N–H and O–H groups in total. The Morgan fingerprint density at radius 2 is 2.26 bits per heavy atom. The van der Waals surface area contributed by atoms with Crippen LogP contribution in [0, 0.1) is 17.0 Å². The molecule has 0 amide bonds. The van der Waals surface area contributed by atoms with Crippen molar-refractivity contribution in [3.05, 3.63) is 33.9 Å². The molecule has 1 aliphatic rings. The molecule has 0 radical (unpaired) electrons. The molecule has 0 spiro atoms. The predicted molar refractivity (Wildman–Crippen MR) is 76.8 cm³/mol. The number of aryl methyl sites for hydroxylation is 1. The van der Waals surface area contributed by atoms with Crippen molar-refractivity contribution in [2.24, 2.45) is 0 Å². The molecule has 19 heavy (non-hydrogen) atoms. The molecular formula is C14H21N3O2. The van der Waals surface area contributed by atoms with Gasteiger partial charge in [0.05, 0.1) is 4.92 Å². The average molecular weight is 263 g/mol. The van der Waals surface area contributed by atoms with E-state index in [4.69, 9.17) is 0 Å². The molecular weight excluding hydrogens is 242 g/mol. The molecule has 1 aromatic carbocycles. The van der Waals surface area contributed by atoms with Crippen LogP contribution in [-0.4, -0.2) is 42.5 Å². The summed E-state index contributed by atoms with van der Waals surface area (Å²) >= 11 is 0. The summed E-state index contributed by atoms with van der Waals surface area (Å²) in [5, 5.41) is 11.1. The number of nitrogens with zero attached hydrogens (tertiary/aromatic N) is 3. The van der Waals surface area contributed by atoms with Crippen LogP contribution in [-0.2, 0) is 0 Å². The maximum Gasteiger partial charge on any atom is 0.292 e. The molecule has 1 atom stereocenters. The molecule has 5 nitrogen and oxygen atoms in total. The SMILES string of the molecule is CCN(C)C1CCN(c2cc(C)ccc2[N+](=O)[O-])C1. The van der Waals surface area contributed by atoms with Gasteiger partial charge in [-0.2, -0.15) is 0 Å². The summed E-state index contributed by atoms with van der Waals surface area (Å²) in [6, 6.07) is 5.83. The summed E-state index contributed by atoms with van der Waals surface area (Å²) in [6.07, 6.45) is 1.06. The van der Waals surface area contributed by atoms with Crippen LogP contribution in [0.2, 0.25) is 0 Å². The highest BCUT2D eigenvalue weighted by Crippen LogP contribution is 2.32. The van der Waals surface area contributed by atoms with Crippen molar-refractivity contribution >= 4 is 11.4 Å². The maximum absolute atomic E-state index is 11.1. The van der Waals surface area contributed by atoms with Gasteiger partial charge in [-0.25, -0.2) is 0 Å². The van der Waals surface area contributed by atoms with Crippen molar-refractivity contribution in [3.63, 3.8) is 0 Å². The minimum absolute atomic E-state index is 0.213. The van der Waals surface area contributed by atoms with E-state index in [0.29, 0.717) is 6.04 Å². The lowest BCUT2D eigenvalue weighted by Crippen LogP contribution is -2.34. The van der Waals surface area contributed by atoms with E-state index in [0.717, 1.165) is 37.3 Å². The Hall–Kier alpha value is -1.62. The van der Waals surface area contributed by atoms with Crippen molar-refractivity contribution < 1.29 is 4.92 Å². The van der Waals surface area contributed by atoms with Gasteiger partial charge in [-0.3, -0.25) is 10.1 Å². The molecule has 2 rings (SSSR count). The molecule has 1 unspecified atom stereocenters. The lowest BCUT2D eigenvalue weighted by molar-refractivity contribution is -0.384. The Kier molecular flexibility index (Phi) is 4.04. The van der Waals surface area contributed by atoms with Crippen LogP contribution in [0.5, 0.6) is 0 Å². The minimum Gasteiger partial charge on any atom is -0.364 e. The van der Waals surface area contributed by atoms with Gasteiger partial charge in [-0.05, 0) is 38.6 Å². The van der Waals surface area contributed by atoms with Crippen LogP contribution in [0.1, 0.15) is 18.9 Å². The van der Waals surface area contributed by atoms with E-state index in [1.54, 1.807) is 12.1 Å². The van der Waals surface area contributed by atoms with E-state index in [9.17, 15) is 10.1 Å². The zero-order valence-corrected chi connectivity index (χ0v) is 11.8. The van der Waals surface area contributed by atoms with E-state index in [1.807, 2.05) is 13.0 Å². The summed E-state index contributed by atoms with van der Waals surface area (Å²) in [5.41, 5.74) is 2.04. The van der Waals surface area contributed by atoms with Crippen LogP contribution in [0.3, 0.4) is 0 Å². The first kappa shape index (κ1) is 13.8. The minimum atomic E-state index is -0.286. The third-order valence-electron chi connectivity index (χ3n) is 3.95. The number of rotatable bonds is 4. The van der Waals surface area contributed by atoms with E-state index in [2.05, 4.69) is 23.8 Å². The molecule has 0 bridgehead atoms. The molecule has 0 saturated carbocycles. The fourth-order valence-corrected chi connectivity index (χ4v) is 2.62. The van der Waals surface area contributed by atoms with Crippen LogP contribution < -0.4 is 4.90 Å². The second-order valence-corrected chi connectivity index (χ2v) is 5.21. The smallest absolute Gasteiger partial charge is 0.292 e. The van der Waals surface area contributed by atoms with E-state index in [-0.39, 0.29) is 10.6 Å². The molecule has 1 heterocycles. The van der Waals surface area contributed by atoms with Crippen molar-refractivity contribution in [1.82, 2.24) is 4.90 Å². The average Bonchev–Trinajstić information content (AvgIpc) is 2.86. The number of nitro groups is 1. The normalized spacial score (nSPS) is 19.2. The highest BCUT2D eigenvalue weighted by molar-refractivity contribution is 5.65. The summed E-state index contributed by atoms with van der Waals surface area (Å²) in [6.45, 7) is 6.87. The van der Waals surface area contributed by atoms with Crippen molar-refractivity contribution in [1.29, 1.82) is 0 Å². The molecule has 1 aromatic rings. The van der Waals surface area contributed by atoms with Gasteiger partial charge in [0.15, 0.2) is 0 Å². The number of hydrogen-bond acceptors (Lipinski definition) is 4. The van der Waals surface area contributed by atoms with Gasteiger partial charge in [-0.15, -0.1) is 0 Å². The van der Waals surface area contributed by atoms with Crippen molar-refractivity contribution in [3.8, 4) is 0 Å². The van der Waals surface area contributed by atoms with E-state index >= 15 is 0 Å². The van der Waals surface area contributed by atoms with Gasteiger partial charge in [-0.1, -0.05) is 13.0 Å².